The van der Waals surface area contributed by atoms with Crippen molar-refractivity contribution in [2.75, 3.05) is 13.7 Å². The number of hydrogen-bond acceptors (Lipinski definition) is 4. The normalized spacial score (nSPS) is 10.3. The van der Waals surface area contributed by atoms with Crippen LogP contribution in [-0.4, -0.2) is 34.3 Å². The standard InChI is InChI=1S/C19H18N4O2/c1-3-12-20-19(24)17-21-18(14-8-7-11-16(13-14)25-2)23(22-17)15-9-5-4-6-10-15/h3-11,13H,1,12H2,2H3,(H,20,24). The van der Waals surface area contributed by atoms with E-state index in [1.165, 1.54) is 0 Å². The molecule has 0 radical (unpaired) electrons. The molecule has 25 heavy (non-hydrogen) atoms. The van der Waals surface area contributed by atoms with E-state index >= 15 is 0 Å². The topological polar surface area (TPSA) is 69.0 Å². The summed E-state index contributed by atoms with van der Waals surface area (Å²) >= 11 is 0. The number of amides is 1. The van der Waals surface area contributed by atoms with Crippen LogP contribution < -0.4 is 10.1 Å². The third-order valence-electron chi connectivity index (χ3n) is 3.55. The molecule has 0 saturated heterocycles. The SMILES string of the molecule is C=CCNC(=O)c1nc(-c2cccc(OC)c2)n(-c2ccccc2)n1. The lowest BCUT2D eigenvalue weighted by atomic mass is 10.2. The third-order valence-corrected chi connectivity index (χ3v) is 3.55. The van der Waals surface area contributed by atoms with E-state index < -0.39 is 0 Å². The van der Waals surface area contributed by atoms with Crippen LogP contribution >= 0.6 is 0 Å². The van der Waals surface area contributed by atoms with Crippen molar-refractivity contribution in [1.82, 2.24) is 20.1 Å². The first kappa shape index (κ1) is 16.4. The fourth-order valence-corrected chi connectivity index (χ4v) is 2.35. The highest BCUT2D eigenvalue weighted by molar-refractivity contribution is 5.91. The number of aromatic nitrogens is 3. The van der Waals surface area contributed by atoms with Gasteiger partial charge in [0, 0.05) is 12.1 Å². The van der Waals surface area contributed by atoms with Crippen LogP contribution in [-0.2, 0) is 0 Å². The third kappa shape index (κ3) is 3.58. The van der Waals surface area contributed by atoms with Crippen LogP contribution in [0.5, 0.6) is 5.75 Å². The molecule has 6 nitrogen and oxygen atoms in total. The van der Waals surface area contributed by atoms with Crippen molar-refractivity contribution in [2.24, 2.45) is 0 Å². The average Bonchev–Trinajstić information content (AvgIpc) is 3.12. The van der Waals surface area contributed by atoms with Gasteiger partial charge in [0.1, 0.15) is 5.75 Å². The highest BCUT2D eigenvalue weighted by Gasteiger charge is 2.18. The molecule has 1 aromatic heterocycles. The molecule has 0 bridgehead atoms. The molecule has 0 fully saturated rings. The molecule has 0 aliphatic carbocycles. The maximum atomic E-state index is 12.2. The van der Waals surface area contributed by atoms with Gasteiger partial charge >= 0.3 is 0 Å². The molecule has 126 valence electrons. The van der Waals surface area contributed by atoms with Crippen molar-refractivity contribution in [1.29, 1.82) is 0 Å². The number of methoxy groups -OCH3 is 1. The van der Waals surface area contributed by atoms with Gasteiger partial charge in [-0.2, -0.15) is 0 Å². The van der Waals surface area contributed by atoms with Gasteiger partial charge in [0.2, 0.25) is 5.82 Å². The molecule has 1 amide bonds. The van der Waals surface area contributed by atoms with Gasteiger partial charge in [0.25, 0.3) is 5.91 Å². The minimum Gasteiger partial charge on any atom is -0.497 e. The van der Waals surface area contributed by atoms with E-state index in [0.717, 1.165) is 11.3 Å². The van der Waals surface area contributed by atoms with Crippen LogP contribution in [0.4, 0.5) is 0 Å². The Bertz CT molecular complexity index is 887. The quantitative estimate of drug-likeness (QED) is 0.704. The summed E-state index contributed by atoms with van der Waals surface area (Å²) in [6, 6.07) is 17.0. The maximum Gasteiger partial charge on any atom is 0.291 e. The number of nitrogens with one attached hydrogen (secondary N) is 1. The molecule has 1 N–H and O–H groups in total. The van der Waals surface area contributed by atoms with E-state index in [-0.39, 0.29) is 11.7 Å². The maximum absolute atomic E-state index is 12.2. The number of benzene rings is 2. The smallest absolute Gasteiger partial charge is 0.291 e. The molecule has 0 unspecified atom stereocenters. The molecule has 0 aliphatic heterocycles. The van der Waals surface area contributed by atoms with Crippen LogP contribution in [0.3, 0.4) is 0 Å². The molecule has 3 aromatic rings. The Balaban J connectivity index is 2.10. The van der Waals surface area contributed by atoms with Crippen LogP contribution in [0.2, 0.25) is 0 Å². The number of carbonyl (C=O) groups excluding carboxylic acids is 1. The molecular weight excluding hydrogens is 316 g/mol. The van der Waals surface area contributed by atoms with Crippen molar-refractivity contribution >= 4 is 5.91 Å². The van der Waals surface area contributed by atoms with Gasteiger partial charge in [-0.1, -0.05) is 36.4 Å². The Morgan fingerprint density at radius 3 is 2.76 bits per heavy atom. The second-order valence-corrected chi connectivity index (χ2v) is 5.24. The van der Waals surface area contributed by atoms with E-state index in [4.69, 9.17) is 4.74 Å². The van der Waals surface area contributed by atoms with Crippen LogP contribution in [0.25, 0.3) is 17.1 Å². The number of nitrogens with zero attached hydrogens (tertiary/aromatic N) is 3. The molecule has 0 spiro atoms. The first-order valence-corrected chi connectivity index (χ1v) is 7.79. The van der Waals surface area contributed by atoms with Gasteiger partial charge in [0.15, 0.2) is 5.82 Å². The molecule has 0 atom stereocenters. The Morgan fingerprint density at radius 2 is 2.04 bits per heavy atom. The van der Waals surface area contributed by atoms with Crippen molar-refractivity contribution in [3.63, 3.8) is 0 Å². The summed E-state index contributed by atoms with van der Waals surface area (Å²) in [5.74, 6) is 1.02. The number of carbonyl (C=O) groups is 1. The molecule has 0 aliphatic rings. The number of para-hydroxylation sites is 1. The Hall–Kier alpha value is -3.41. The van der Waals surface area contributed by atoms with E-state index in [0.29, 0.717) is 18.1 Å². The molecule has 3 rings (SSSR count). The summed E-state index contributed by atoms with van der Waals surface area (Å²) in [6.07, 6.45) is 1.61. The predicted octanol–water partition coefficient (Wildman–Crippen LogP) is 2.86. The molecule has 6 heteroatoms. The highest BCUT2D eigenvalue weighted by atomic mass is 16.5. The molecular formula is C19H18N4O2. The summed E-state index contributed by atoms with van der Waals surface area (Å²) in [4.78, 5) is 16.7. The lowest BCUT2D eigenvalue weighted by molar-refractivity contribution is 0.0948. The van der Waals surface area contributed by atoms with Crippen molar-refractivity contribution in [3.05, 3.63) is 73.1 Å². The van der Waals surface area contributed by atoms with Gasteiger partial charge in [-0.15, -0.1) is 11.7 Å². The fourth-order valence-electron chi connectivity index (χ4n) is 2.35. The zero-order valence-electron chi connectivity index (χ0n) is 13.8. The summed E-state index contributed by atoms with van der Waals surface area (Å²) in [5.41, 5.74) is 1.62. The van der Waals surface area contributed by atoms with Gasteiger partial charge in [-0.25, -0.2) is 9.67 Å². The highest BCUT2D eigenvalue weighted by Crippen LogP contribution is 2.24. The molecule has 1 heterocycles. The van der Waals surface area contributed by atoms with Gasteiger partial charge in [-0.05, 0) is 24.3 Å². The lowest BCUT2D eigenvalue weighted by Crippen LogP contribution is -2.24. The number of ether oxygens (including phenoxy) is 1. The number of rotatable bonds is 6. The van der Waals surface area contributed by atoms with Gasteiger partial charge in [-0.3, -0.25) is 4.79 Å². The van der Waals surface area contributed by atoms with E-state index in [1.807, 2.05) is 54.6 Å². The predicted molar refractivity (Wildman–Crippen MR) is 95.9 cm³/mol. The fraction of sp³-hybridized carbons (Fsp3) is 0.105. The van der Waals surface area contributed by atoms with Gasteiger partial charge < -0.3 is 10.1 Å². The molecule has 0 saturated carbocycles. The van der Waals surface area contributed by atoms with Crippen LogP contribution in [0, 0.1) is 0 Å². The minimum atomic E-state index is -0.348. The monoisotopic (exact) mass is 334 g/mol. The summed E-state index contributed by atoms with van der Waals surface area (Å²) in [5, 5.41) is 7.08. The second kappa shape index (κ2) is 7.44. The zero-order valence-corrected chi connectivity index (χ0v) is 13.8. The lowest BCUT2D eigenvalue weighted by Gasteiger charge is -2.07. The average molecular weight is 334 g/mol. The minimum absolute atomic E-state index is 0.100. The Labute approximate surface area is 145 Å². The summed E-state index contributed by atoms with van der Waals surface area (Å²) < 4.78 is 6.93. The van der Waals surface area contributed by atoms with E-state index in [2.05, 4.69) is 22.0 Å². The largest absolute Gasteiger partial charge is 0.497 e. The van der Waals surface area contributed by atoms with Crippen molar-refractivity contribution in [2.45, 2.75) is 0 Å². The zero-order chi connectivity index (χ0) is 17.6. The van der Waals surface area contributed by atoms with Crippen molar-refractivity contribution in [3.8, 4) is 22.8 Å². The van der Waals surface area contributed by atoms with Gasteiger partial charge in [0.05, 0.1) is 12.8 Å². The van der Waals surface area contributed by atoms with E-state index in [9.17, 15) is 4.79 Å². The van der Waals surface area contributed by atoms with Crippen LogP contribution in [0.1, 0.15) is 10.6 Å². The second-order valence-electron chi connectivity index (χ2n) is 5.24. The van der Waals surface area contributed by atoms with Crippen molar-refractivity contribution < 1.29 is 9.53 Å². The summed E-state index contributed by atoms with van der Waals surface area (Å²) in [6.45, 7) is 3.94. The molecule has 2 aromatic carbocycles. The summed E-state index contributed by atoms with van der Waals surface area (Å²) in [7, 11) is 1.61. The first-order chi connectivity index (χ1) is 12.2. The van der Waals surface area contributed by atoms with Crippen LogP contribution in [0.15, 0.2) is 67.3 Å². The Kier molecular flexibility index (Phi) is 4.89. The number of hydrogen-bond donors (Lipinski definition) is 1. The Morgan fingerprint density at radius 1 is 1.24 bits per heavy atom. The van der Waals surface area contributed by atoms with E-state index in [1.54, 1.807) is 17.9 Å². The first-order valence-electron chi connectivity index (χ1n) is 7.79.